The summed E-state index contributed by atoms with van der Waals surface area (Å²) in [5.74, 6) is -0.0430. The van der Waals surface area contributed by atoms with Gasteiger partial charge in [0.15, 0.2) is 0 Å². The fourth-order valence-corrected chi connectivity index (χ4v) is 5.29. The standard InChI is InChI=1S/C25H28N2OS/c1-18-19(2)29-25(26-24(28)21-14-8-4-9-15-21)22(18)23(20-12-6-3-7-13-20)27-16-10-5-11-17-27/h3-4,6-9,12-15,23H,5,10-11,16-17H2,1-2H3,(H,26,28)/t23-/m1/s1. The van der Waals surface area contributed by atoms with Crippen molar-refractivity contribution >= 4 is 22.2 Å². The predicted molar refractivity (Wildman–Crippen MR) is 122 cm³/mol. The third-order valence-electron chi connectivity index (χ3n) is 5.84. The average Bonchev–Trinajstić information content (AvgIpc) is 3.04. The fourth-order valence-electron chi connectivity index (χ4n) is 4.20. The van der Waals surface area contributed by atoms with E-state index >= 15 is 0 Å². The summed E-state index contributed by atoms with van der Waals surface area (Å²) < 4.78 is 0. The van der Waals surface area contributed by atoms with Crippen molar-refractivity contribution in [1.82, 2.24) is 4.90 Å². The number of hydrogen-bond acceptors (Lipinski definition) is 3. The van der Waals surface area contributed by atoms with Crippen LogP contribution in [0, 0.1) is 13.8 Å². The molecule has 150 valence electrons. The Morgan fingerprint density at radius 2 is 1.55 bits per heavy atom. The molecule has 1 amide bonds. The molecule has 2 aromatic carbocycles. The molecule has 29 heavy (non-hydrogen) atoms. The molecule has 0 saturated carbocycles. The van der Waals surface area contributed by atoms with Crippen LogP contribution in [0.15, 0.2) is 60.7 Å². The van der Waals surface area contributed by atoms with Crippen molar-refractivity contribution < 1.29 is 4.79 Å². The highest BCUT2D eigenvalue weighted by atomic mass is 32.1. The van der Waals surface area contributed by atoms with Crippen molar-refractivity contribution in [2.24, 2.45) is 0 Å². The lowest BCUT2D eigenvalue weighted by atomic mass is 9.93. The summed E-state index contributed by atoms with van der Waals surface area (Å²) >= 11 is 1.69. The van der Waals surface area contributed by atoms with E-state index in [1.54, 1.807) is 11.3 Å². The predicted octanol–water partition coefficient (Wildman–Crippen LogP) is 6.19. The van der Waals surface area contributed by atoms with Gasteiger partial charge in [0, 0.05) is 16.0 Å². The van der Waals surface area contributed by atoms with Gasteiger partial charge in [-0.05, 0) is 63.0 Å². The number of benzene rings is 2. The van der Waals surface area contributed by atoms with Gasteiger partial charge in [-0.25, -0.2) is 0 Å². The van der Waals surface area contributed by atoms with Crippen molar-refractivity contribution in [1.29, 1.82) is 0 Å². The summed E-state index contributed by atoms with van der Waals surface area (Å²) in [4.78, 5) is 16.8. The smallest absolute Gasteiger partial charge is 0.256 e. The average molecular weight is 405 g/mol. The lowest BCUT2D eigenvalue weighted by molar-refractivity contribution is 0.102. The Hall–Kier alpha value is -2.43. The molecule has 0 spiro atoms. The minimum atomic E-state index is -0.0430. The van der Waals surface area contributed by atoms with Gasteiger partial charge in [0.25, 0.3) is 5.91 Å². The quantitative estimate of drug-likeness (QED) is 0.550. The van der Waals surface area contributed by atoms with Gasteiger partial charge in [-0.3, -0.25) is 9.69 Å². The Labute approximate surface area is 177 Å². The number of likely N-dealkylation sites (tertiary alicyclic amines) is 1. The van der Waals surface area contributed by atoms with E-state index in [1.807, 2.05) is 30.3 Å². The lowest BCUT2D eigenvalue weighted by Gasteiger charge is -2.36. The van der Waals surface area contributed by atoms with Gasteiger partial charge in [0.05, 0.1) is 6.04 Å². The molecule has 0 radical (unpaired) electrons. The van der Waals surface area contributed by atoms with Crippen LogP contribution in [-0.4, -0.2) is 23.9 Å². The first-order valence-corrected chi connectivity index (χ1v) is 11.2. The van der Waals surface area contributed by atoms with Crippen LogP contribution in [0.25, 0.3) is 0 Å². The zero-order valence-corrected chi connectivity index (χ0v) is 18.0. The zero-order valence-electron chi connectivity index (χ0n) is 17.2. The number of thiophene rings is 1. The number of anilines is 1. The Bertz CT molecular complexity index is 959. The molecule has 1 atom stereocenters. The van der Waals surface area contributed by atoms with Gasteiger partial charge >= 0.3 is 0 Å². The molecule has 1 N–H and O–H groups in total. The highest BCUT2D eigenvalue weighted by Gasteiger charge is 2.30. The van der Waals surface area contributed by atoms with E-state index in [1.165, 1.54) is 40.8 Å². The number of nitrogens with one attached hydrogen (secondary N) is 1. The summed E-state index contributed by atoms with van der Waals surface area (Å²) in [6.07, 6.45) is 3.77. The minimum Gasteiger partial charge on any atom is -0.313 e. The molecule has 1 aromatic heterocycles. The number of amides is 1. The van der Waals surface area contributed by atoms with Crippen LogP contribution in [0.3, 0.4) is 0 Å². The molecule has 0 bridgehead atoms. The summed E-state index contributed by atoms with van der Waals surface area (Å²) in [5, 5.41) is 4.21. The molecule has 3 aromatic rings. The number of nitrogens with zero attached hydrogens (tertiary/aromatic N) is 1. The molecule has 4 heteroatoms. The lowest BCUT2D eigenvalue weighted by Crippen LogP contribution is -2.35. The van der Waals surface area contributed by atoms with Gasteiger partial charge in [0.1, 0.15) is 5.00 Å². The van der Waals surface area contributed by atoms with E-state index in [0.717, 1.165) is 18.1 Å². The van der Waals surface area contributed by atoms with Gasteiger partial charge < -0.3 is 5.32 Å². The second kappa shape index (κ2) is 8.93. The molecule has 2 heterocycles. The van der Waals surface area contributed by atoms with Crippen molar-refractivity contribution in [3.8, 4) is 0 Å². The molecule has 1 saturated heterocycles. The van der Waals surface area contributed by atoms with Crippen LogP contribution in [0.4, 0.5) is 5.00 Å². The first-order chi connectivity index (χ1) is 14.1. The van der Waals surface area contributed by atoms with Crippen molar-refractivity contribution in [3.05, 3.63) is 87.8 Å². The van der Waals surface area contributed by atoms with Gasteiger partial charge in [-0.15, -0.1) is 11.3 Å². The number of carbonyl (C=O) groups excluding carboxylic acids is 1. The second-order valence-corrected chi connectivity index (χ2v) is 8.98. The Balaban J connectivity index is 1.75. The summed E-state index contributed by atoms with van der Waals surface area (Å²) in [5.41, 5.74) is 4.53. The number of hydrogen-bond donors (Lipinski definition) is 1. The van der Waals surface area contributed by atoms with E-state index in [4.69, 9.17) is 0 Å². The van der Waals surface area contributed by atoms with Gasteiger partial charge in [-0.2, -0.15) is 0 Å². The minimum absolute atomic E-state index is 0.0430. The van der Waals surface area contributed by atoms with E-state index in [0.29, 0.717) is 5.56 Å². The Kier molecular flexibility index (Phi) is 6.12. The Morgan fingerprint density at radius 1 is 0.931 bits per heavy atom. The third-order valence-corrected chi connectivity index (χ3v) is 6.98. The normalized spacial score (nSPS) is 15.8. The molecule has 0 aliphatic carbocycles. The SMILES string of the molecule is Cc1sc(NC(=O)c2ccccc2)c([C@@H](c2ccccc2)N2CCCCC2)c1C. The maximum atomic E-state index is 12.9. The molecular weight excluding hydrogens is 376 g/mol. The maximum absolute atomic E-state index is 12.9. The van der Waals surface area contributed by atoms with Crippen molar-refractivity contribution in [2.45, 2.75) is 39.2 Å². The monoisotopic (exact) mass is 404 g/mol. The number of piperidine rings is 1. The topological polar surface area (TPSA) is 32.3 Å². The molecule has 3 nitrogen and oxygen atoms in total. The van der Waals surface area contributed by atoms with Crippen LogP contribution >= 0.6 is 11.3 Å². The first-order valence-electron chi connectivity index (χ1n) is 10.4. The van der Waals surface area contributed by atoms with E-state index in [-0.39, 0.29) is 11.9 Å². The molecular formula is C25H28N2OS. The highest BCUT2D eigenvalue weighted by Crippen LogP contribution is 2.43. The summed E-state index contributed by atoms with van der Waals surface area (Å²) in [6, 6.07) is 20.4. The van der Waals surface area contributed by atoms with Crippen LogP contribution in [-0.2, 0) is 0 Å². The summed E-state index contributed by atoms with van der Waals surface area (Å²) in [6.45, 7) is 6.54. The van der Waals surface area contributed by atoms with Crippen LogP contribution in [0.1, 0.15) is 57.2 Å². The largest absolute Gasteiger partial charge is 0.313 e. The Morgan fingerprint density at radius 3 is 2.21 bits per heavy atom. The molecule has 0 unspecified atom stereocenters. The van der Waals surface area contributed by atoms with E-state index in [9.17, 15) is 4.79 Å². The second-order valence-electron chi connectivity index (χ2n) is 7.76. The van der Waals surface area contributed by atoms with Crippen LogP contribution in [0.2, 0.25) is 0 Å². The van der Waals surface area contributed by atoms with Gasteiger partial charge in [-0.1, -0.05) is 55.0 Å². The van der Waals surface area contributed by atoms with Gasteiger partial charge in [0.2, 0.25) is 0 Å². The fraction of sp³-hybridized carbons (Fsp3) is 0.320. The number of rotatable bonds is 5. The molecule has 4 rings (SSSR count). The molecule has 1 fully saturated rings. The number of carbonyl (C=O) groups is 1. The third kappa shape index (κ3) is 4.29. The maximum Gasteiger partial charge on any atom is 0.256 e. The highest BCUT2D eigenvalue weighted by molar-refractivity contribution is 7.16. The van der Waals surface area contributed by atoms with Crippen molar-refractivity contribution in [2.75, 3.05) is 18.4 Å². The first kappa shape index (κ1) is 19.9. The van der Waals surface area contributed by atoms with E-state index < -0.39 is 0 Å². The number of aryl methyl sites for hydroxylation is 1. The van der Waals surface area contributed by atoms with Crippen molar-refractivity contribution in [3.63, 3.8) is 0 Å². The van der Waals surface area contributed by atoms with Crippen LogP contribution < -0.4 is 5.32 Å². The van der Waals surface area contributed by atoms with E-state index in [2.05, 4.69) is 54.4 Å². The van der Waals surface area contributed by atoms with Crippen LogP contribution in [0.5, 0.6) is 0 Å². The summed E-state index contributed by atoms with van der Waals surface area (Å²) in [7, 11) is 0. The molecule has 1 aliphatic heterocycles. The zero-order chi connectivity index (χ0) is 20.2. The molecule has 1 aliphatic rings.